The number of aromatic amines is 1. The van der Waals surface area contributed by atoms with E-state index in [1.807, 2.05) is 30.0 Å². The van der Waals surface area contributed by atoms with E-state index < -0.39 is 0 Å². The zero-order chi connectivity index (χ0) is 13.7. The van der Waals surface area contributed by atoms with Crippen molar-refractivity contribution in [2.75, 3.05) is 12.3 Å². The average molecular weight is 277 g/mol. The fourth-order valence-electron chi connectivity index (χ4n) is 1.86. The summed E-state index contributed by atoms with van der Waals surface area (Å²) in [6.07, 6.45) is 2.43. The number of unbranched alkanes of at least 4 members (excludes halogenated alkanes) is 1. The second-order valence-electron chi connectivity index (χ2n) is 5.79. The zero-order valence-corrected chi connectivity index (χ0v) is 12.8. The van der Waals surface area contributed by atoms with E-state index in [2.05, 4.69) is 42.1 Å². The molecule has 0 aliphatic heterocycles. The van der Waals surface area contributed by atoms with Gasteiger partial charge in [-0.1, -0.05) is 23.9 Å². The summed E-state index contributed by atoms with van der Waals surface area (Å²) in [7, 11) is 0. The summed E-state index contributed by atoms with van der Waals surface area (Å²) in [6.45, 7) is 7.70. The van der Waals surface area contributed by atoms with E-state index in [4.69, 9.17) is 0 Å². The van der Waals surface area contributed by atoms with Crippen LogP contribution in [0, 0.1) is 0 Å². The highest BCUT2D eigenvalue weighted by Crippen LogP contribution is 2.20. The molecule has 1 aromatic heterocycles. The molecule has 0 saturated carbocycles. The zero-order valence-electron chi connectivity index (χ0n) is 12.0. The second kappa shape index (κ2) is 6.44. The minimum absolute atomic E-state index is 0.228. The van der Waals surface area contributed by atoms with Gasteiger partial charge in [-0.2, -0.15) is 0 Å². The second-order valence-corrected chi connectivity index (χ2v) is 6.88. The Balaban J connectivity index is 1.68. The molecule has 0 aliphatic carbocycles. The maximum atomic E-state index is 4.56. The third-order valence-corrected chi connectivity index (χ3v) is 3.79. The van der Waals surface area contributed by atoms with Crippen molar-refractivity contribution in [3.8, 4) is 0 Å². The number of imidazole rings is 1. The van der Waals surface area contributed by atoms with E-state index in [0.717, 1.165) is 28.5 Å². The van der Waals surface area contributed by atoms with Gasteiger partial charge in [-0.15, -0.1) is 0 Å². The quantitative estimate of drug-likeness (QED) is 0.623. The van der Waals surface area contributed by atoms with E-state index in [0.29, 0.717) is 0 Å². The van der Waals surface area contributed by atoms with Crippen molar-refractivity contribution in [3.05, 3.63) is 24.3 Å². The Labute approximate surface area is 119 Å². The highest BCUT2D eigenvalue weighted by atomic mass is 32.2. The molecular formula is C15H23N3S. The van der Waals surface area contributed by atoms with Crippen LogP contribution in [0.2, 0.25) is 0 Å². The maximum absolute atomic E-state index is 4.56. The Hall–Kier alpha value is -1.00. The van der Waals surface area contributed by atoms with Crippen LogP contribution in [0.4, 0.5) is 0 Å². The molecule has 0 fully saturated rings. The van der Waals surface area contributed by atoms with Crippen molar-refractivity contribution in [2.24, 2.45) is 0 Å². The Morgan fingerprint density at radius 2 is 2.00 bits per heavy atom. The van der Waals surface area contributed by atoms with E-state index in [-0.39, 0.29) is 5.54 Å². The Kier molecular flexibility index (Phi) is 4.88. The van der Waals surface area contributed by atoms with Crippen LogP contribution in [0.25, 0.3) is 11.0 Å². The summed E-state index contributed by atoms with van der Waals surface area (Å²) in [5, 5.41) is 4.54. The highest BCUT2D eigenvalue weighted by Gasteiger charge is 2.07. The lowest BCUT2D eigenvalue weighted by molar-refractivity contribution is 0.421. The van der Waals surface area contributed by atoms with Gasteiger partial charge in [-0.3, -0.25) is 0 Å². The Morgan fingerprint density at radius 1 is 1.21 bits per heavy atom. The fourth-order valence-corrected chi connectivity index (χ4v) is 2.74. The molecule has 19 heavy (non-hydrogen) atoms. The predicted octanol–water partition coefficient (Wildman–Crippen LogP) is 3.82. The van der Waals surface area contributed by atoms with Gasteiger partial charge >= 0.3 is 0 Å². The van der Waals surface area contributed by atoms with Crippen molar-refractivity contribution in [1.29, 1.82) is 0 Å². The molecule has 0 bridgehead atoms. The largest absolute Gasteiger partial charge is 0.333 e. The van der Waals surface area contributed by atoms with Gasteiger partial charge in [0, 0.05) is 11.3 Å². The van der Waals surface area contributed by atoms with Crippen molar-refractivity contribution in [3.63, 3.8) is 0 Å². The molecule has 4 heteroatoms. The van der Waals surface area contributed by atoms with E-state index in [1.165, 1.54) is 12.8 Å². The molecule has 0 amide bonds. The van der Waals surface area contributed by atoms with Crippen molar-refractivity contribution < 1.29 is 0 Å². The number of H-pyrrole nitrogens is 1. The van der Waals surface area contributed by atoms with Gasteiger partial charge in [0.15, 0.2) is 5.16 Å². The minimum atomic E-state index is 0.228. The summed E-state index contributed by atoms with van der Waals surface area (Å²) in [5.41, 5.74) is 2.41. The molecule has 0 aliphatic rings. The van der Waals surface area contributed by atoms with Crippen LogP contribution in [0.1, 0.15) is 33.6 Å². The summed E-state index contributed by atoms with van der Waals surface area (Å²) in [6, 6.07) is 8.17. The first kappa shape index (κ1) is 14.4. The Bertz CT molecular complexity index is 480. The third-order valence-electron chi connectivity index (χ3n) is 2.83. The number of aromatic nitrogens is 2. The van der Waals surface area contributed by atoms with Gasteiger partial charge in [0.05, 0.1) is 11.0 Å². The molecule has 104 valence electrons. The van der Waals surface area contributed by atoms with E-state index >= 15 is 0 Å². The molecule has 1 heterocycles. The minimum Gasteiger partial charge on any atom is -0.333 e. The van der Waals surface area contributed by atoms with Gasteiger partial charge in [0.1, 0.15) is 0 Å². The van der Waals surface area contributed by atoms with Crippen LogP contribution >= 0.6 is 11.8 Å². The Morgan fingerprint density at radius 3 is 2.74 bits per heavy atom. The van der Waals surface area contributed by atoms with Crippen LogP contribution < -0.4 is 5.32 Å². The van der Waals surface area contributed by atoms with Gasteiger partial charge < -0.3 is 10.3 Å². The third kappa shape index (κ3) is 4.88. The highest BCUT2D eigenvalue weighted by molar-refractivity contribution is 7.99. The van der Waals surface area contributed by atoms with Gasteiger partial charge in [0.2, 0.25) is 0 Å². The number of benzene rings is 1. The van der Waals surface area contributed by atoms with Crippen molar-refractivity contribution in [1.82, 2.24) is 15.3 Å². The molecular weight excluding hydrogens is 254 g/mol. The number of nitrogens with one attached hydrogen (secondary N) is 2. The first-order chi connectivity index (χ1) is 9.04. The van der Waals surface area contributed by atoms with E-state index in [9.17, 15) is 0 Å². The van der Waals surface area contributed by atoms with Crippen molar-refractivity contribution >= 4 is 22.8 Å². The van der Waals surface area contributed by atoms with Gasteiger partial charge in [-0.05, 0) is 52.3 Å². The number of fused-ring (bicyclic) bond motifs is 1. The molecule has 0 unspecified atom stereocenters. The molecule has 2 N–H and O–H groups in total. The summed E-state index contributed by atoms with van der Waals surface area (Å²) in [4.78, 5) is 7.91. The monoisotopic (exact) mass is 277 g/mol. The number of hydrogen-bond donors (Lipinski definition) is 2. The maximum Gasteiger partial charge on any atom is 0.166 e. The summed E-state index contributed by atoms with van der Waals surface area (Å²) < 4.78 is 0. The molecule has 0 spiro atoms. The van der Waals surface area contributed by atoms with Crippen LogP contribution in [-0.2, 0) is 0 Å². The lowest BCUT2D eigenvalue weighted by Gasteiger charge is -2.20. The standard InChI is InChI=1S/C15H23N3S/c1-15(2,3)16-10-6-7-11-19-14-17-12-8-4-5-9-13(12)18-14/h4-5,8-9,16H,6-7,10-11H2,1-3H3,(H,17,18). The number of para-hydroxylation sites is 2. The van der Waals surface area contributed by atoms with Gasteiger partial charge in [-0.25, -0.2) is 4.98 Å². The molecule has 2 aromatic rings. The number of hydrogen-bond acceptors (Lipinski definition) is 3. The summed E-state index contributed by atoms with van der Waals surface area (Å²) >= 11 is 1.81. The predicted molar refractivity (Wildman–Crippen MR) is 83.8 cm³/mol. The molecule has 2 rings (SSSR count). The number of nitrogens with zero attached hydrogens (tertiary/aromatic N) is 1. The fraction of sp³-hybridized carbons (Fsp3) is 0.533. The van der Waals surface area contributed by atoms with Crippen LogP contribution in [0.15, 0.2) is 29.4 Å². The van der Waals surface area contributed by atoms with Crippen LogP contribution in [0.5, 0.6) is 0 Å². The first-order valence-electron chi connectivity index (χ1n) is 6.87. The average Bonchev–Trinajstić information content (AvgIpc) is 2.74. The molecule has 0 saturated heterocycles. The lowest BCUT2D eigenvalue weighted by Crippen LogP contribution is -2.36. The molecule has 1 aromatic carbocycles. The normalized spacial score (nSPS) is 12.2. The van der Waals surface area contributed by atoms with Crippen LogP contribution in [-0.4, -0.2) is 27.8 Å². The topological polar surface area (TPSA) is 40.7 Å². The van der Waals surface area contributed by atoms with Crippen LogP contribution in [0.3, 0.4) is 0 Å². The smallest absolute Gasteiger partial charge is 0.166 e. The van der Waals surface area contributed by atoms with Gasteiger partial charge in [0.25, 0.3) is 0 Å². The van der Waals surface area contributed by atoms with E-state index in [1.54, 1.807) is 0 Å². The first-order valence-corrected chi connectivity index (χ1v) is 7.86. The summed E-state index contributed by atoms with van der Waals surface area (Å²) in [5.74, 6) is 1.12. The van der Waals surface area contributed by atoms with Crippen molar-refractivity contribution in [2.45, 2.75) is 44.3 Å². The molecule has 0 atom stereocenters. The lowest BCUT2D eigenvalue weighted by atomic mass is 10.1. The number of thioether (sulfide) groups is 1. The molecule has 0 radical (unpaired) electrons. The number of rotatable bonds is 6. The molecule has 3 nitrogen and oxygen atoms in total. The SMILES string of the molecule is CC(C)(C)NCCCCSc1nc2ccccc2[nH]1.